The van der Waals surface area contributed by atoms with E-state index in [1.165, 1.54) is 64.2 Å². The van der Waals surface area contributed by atoms with Crippen LogP contribution in [0.2, 0.25) is 0 Å². The Bertz CT molecular complexity index is 214. The van der Waals surface area contributed by atoms with Gasteiger partial charge in [0.25, 0.3) is 0 Å². The topological polar surface area (TPSA) is 46.5 Å². The first-order valence-corrected chi connectivity index (χ1v) is 8.48. The third-order valence-corrected chi connectivity index (χ3v) is 3.65. The summed E-state index contributed by atoms with van der Waals surface area (Å²) in [6, 6.07) is 0. The highest BCUT2D eigenvalue weighted by Crippen LogP contribution is 2.13. The van der Waals surface area contributed by atoms with Gasteiger partial charge < -0.3 is 9.84 Å². The highest BCUT2D eigenvalue weighted by molar-refractivity contribution is 5.56. The highest BCUT2D eigenvalue weighted by atomic mass is 16.7. The van der Waals surface area contributed by atoms with E-state index in [9.17, 15) is 4.79 Å². The van der Waals surface area contributed by atoms with Crippen LogP contribution in [0.15, 0.2) is 0 Å². The summed E-state index contributed by atoms with van der Waals surface area (Å²) in [5, 5.41) is 8.30. The molecular formula is C17H34O3. The Kier molecular flexibility index (Phi) is 14.1. The van der Waals surface area contributed by atoms with Gasteiger partial charge in [-0.2, -0.15) is 0 Å². The molecule has 0 atom stereocenters. The molecule has 0 aliphatic carbocycles. The molecule has 0 aliphatic rings. The maximum absolute atomic E-state index is 10.1. The zero-order valence-corrected chi connectivity index (χ0v) is 13.5. The van der Waals surface area contributed by atoms with Crippen LogP contribution < -0.4 is 0 Å². The van der Waals surface area contributed by atoms with E-state index in [0.717, 1.165) is 18.8 Å². The number of carbonyl (C=O) groups is 1. The number of ether oxygens (including phenoxy) is 1. The molecule has 0 aliphatic heterocycles. The molecule has 120 valence electrons. The normalized spacial score (nSPS) is 10.9. The summed E-state index contributed by atoms with van der Waals surface area (Å²) in [5.41, 5.74) is 0. The van der Waals surface area contributed by atoms with Crippen LogP contribution in [0.3, 0.4) is 0 Å². The van der Waals surface area contributed by atoms with Gasteiger partial charge in [-0.15, -0.1) is 0 Å². The quantitative estimate of drug-likeness (QED) is 0.314. The third-order valence-electron chi connectivity index (χ3n) is 3.65. The molecule has 0 amide bonds. The van der Waals surface area contributed by atoms with E-state index in [0.29, 0.717) is 6.61 Å². The second-order valence-corrected chi connectivity index (χ2v) is 6.19. The van der Waals surface area contributed by atoms with Crippen LogP contribution in [-0.4, -0.2) is 17.9 Å². The van der Waals surface area contributed by atoms with E-state index in [4.69, 9.17) is 5.11 Å². The molecule has 0 saturated carbocycles. The Balaban J connectivity index is 2.97. The SMILES string of the molecule is CC(C)CCCCCCCCCCCCCOC(=O)O. The monoisotopic (exact) mass is 286 g/mol. The molecule has 1 N–H and O–H groups in total. The van der Waals surface area contributed by atoms with Crippen molar-refractivity contribution in [3.05, 3.63) is 0 Å². The summed E-state index contributed by atoms with van der Waals surface area (Å²) in [4.78, 5) is 10.1. The van der Waals surface area contributed by atoms with Crippen molar-refractivity contribution in [1.29, 1.82) is 0 Å². The molecule has 3 nitrogen and oxygen atoms in total. The molecule has 0 saturated heterocycles. The van der Waals surface area contributed by atoms with E-state index in [1.807, 2.05) is 0 Å². The van der Waals surface area contributed by atoms with Crippen molar-refractivity contribution >= 4 is 6.16 Å². The summed E-state index contributed by atoms with van der Waals surface area (Å²) in [6.45, 7) is 4.95. The molecule has 0 unspecified atom stereocenters. The molecule has 0 fully saturated rings. The van der Waals surface area contributed by atoms with E-state index in [1.54, 1.807) is 0 Å². The standard InChI is InChI=1S/C17H34O3/c1-16(2)14-12-10-8-6-4-3-5-7-9-11-13-15-20-17(18)19/h16H,3-15H2,1-2H3,(H,18,19). The zero-order valence-electron chi connectivity index (χ0n) is 13.5. The second-order valence-electron chi connectivity index (χ2n) is 6.19. The number of hydrogen-bond acceptors (Lipinski definition) is 2. The average Bonchev–Trinajstić information content (AvgIpc) is 2.38. The fraction of sp³-hybridized carbons (Fsp3) is 0.941. The molecule has 0 heterocycles. The lowest BCUT2D eigenvalue weighted by Gasteiger charge is -2.04. The van der Waals surface area contributed by atoms with Gasteiger partial charge in [0.05, 0.1) is 6.61 Å². The van der Waals surface area contributed by atoms with E-state index < -0.39 is 6.16 Å². The predicted molar refractivity (Wildman–Crippen MR) is 84.2 cm³/mol. The van der Waals surface area contributed by atoms with Crippen molar-refractivity contribution < 1.29 is 14.6 Å². The van der Waals surface area contributed by atoms with Gasteiger partial charge >= 0.3 is 6.16 Å². The predicted octanol–water partition coefficient (Wildman–Crippen LogP) is 6.02. The van der Waals surface area contributed by atoms with Gasteiger partial charge in [0.2, 0.25) is 0 Å². The van der Waals surface area contributed by atoms with Crippen molar-refractivity contribution in [1.82, 2.24) is 0 Å². The minimum atomic E-state index is -1.15. The fourth-order valence-electron chi connectivity index (χ4n) is 2.41. The van der Waals surface area contributed by atoms with Gasteiger partial charge in [-0.3, -0.25) is 0 Å². The Labute approximate surface area is 125 Å². The summed E-state index contributed by atoms with van der Waals surface area (Å²) in [6.07, 6.45) is 14.3. The Morgan fingerprint density at radius 1 is 0.800 bits per heavy atom. The van der Waals surface area contributed by atoms with Crippen LogP contribution in [-0.2, 0) is 4.74 Å². The van der Waals surface area contributed by atoms with Crippen LogP contribution in [0.5, 0.6) is 0 Å². The van der Waals surface area contributed by atoms with Gasteiger partial charge in [0.1, 0.15) is 0 Å². The maximum atomic E-state index is 10.1. The van der Waals surface area contributed by atoms with Gasteiger partial charge in [0, 0.05) is 0 Å². The first kappa shape index (κ1) is 19.3. The van der Waals surface area contributed by atoms with Crippen molar-refractivity contribution in [2.75, 3.05) is 6.61 Å². The molecule has 3 heteroatoms. The molecule has 0 aromatic carbocycles. The van der Waals surface area contributed by atoms with Crippen LogP contribution in [0.4, 0.5) is 4.79 Å². The summed E-state index contributed by atoms with van der Waals surface area (Å²) in [7, 11) is 0. The number of hydrogen-bond donors (Lipinski definition) is 1. The molecule has 0 rings (SSSR count). The van der Waals surface area contributed by atoms with Crippen LogP contribution in [0, 0.1) is 5.92 Å². The van der Waals surface area contributed by atoms with Crippen molar-refractivity contribution in [3.8, 4) is 0 Å². The molecule has 20 heavy (non-hydrogen) atoms. The Hall–Kier alpha value is -0.730. The fourth-order valence-corrected chi connectivity index (χ4v) is 2.41. The van der Waals surface area contributed by atoms with E-state index in [-0.39, 0.29) is 0 Å². The largest absolute Gasteiger partial charge is 0.505 e. The third kappa shape index (κ3) is 17.3. The van der Waals surface area contributed by atoms with Gasteiger partial charge in [0.15, 0.2) is 0 Å². The summed E-state index contributed by atoms with van der Waals surface area (Å²) < 4.78 is 4.47. The minimum Gasteiger partial charge on any atom is -0.450 e. The first-order chi connectivity index (χ1) is 9.63. The van der Waals surface area contributed by atoms with Crippen LogP contribution >= 0.6 is 0 Å². The first-order valence-electron chi connectivity index (χ1n) is 8.48. The van der Waals surface area contributed by atoms with E-state index in [2.05, 4.69) is 18.6 Å². The Morgan fingerprint density at radius 3 is 1.60 bits per heavy atom. The smallest absolute Gasteiger partial charge is 0.450 e. The Morgan fingerprint density at radius 2 is 1.20 bits per heavy atom. The van der Waals surface area contributed by atoms with Crippen LogP contribution in [0.1, 0.15) is 90.9 Å². The lowest BCUT2D eigenvalue weighted by molar-refractivity contribution is 0.0899. The van der Waals surface area contributed by atoms with E-state index >= 15 is 0 Å². The summed E-state index contributed by atoms with van der Waals surface area (Å²) >= 11 is 0. The van der Waals surface area contributed by atoms with Crippen molar-refractivity contribution in [2.45, 2.75) is 90.9 Å². The number of rotatable bonds is 14. The average molecular weight is 286 g/mol. The van der Waals surface area contributed by atoms with Gasteiger partial charge in [-0.05, 0) is 12.3 Å². The molecule has 0 radical (unpaired) electrons. The van der Waals surface area contributed by atoms with Crippen molar-refractivity contribution in [2.24, 2.45) is 5.92 Å². The number of carboxylic acid groups (broad SMARTS) is 1. The lowest BCUT2D eigenvalue weighted by atomic mass is 10.0. The second kappa shape index (κ2) is 14.7. The molecule has 0 aromatic heterocycles. The lowest BCUT2D eigenvalue weighted by Crippen LogP contribution is -2.01. The minimum absolute atomic E-state index is 0.353. The molecule has 0 aromatic rings. The molecule has 0 bridgehead atoms. The van der Waals surface area contributed by atoms with Crippen molar-refractivity contribution in [3.63, 3.8) is 0 Å². The van der Waals surface area contributed by atoms with Gasteiger partial charge in [-0.1, -0.05) is 84.5 Å². The highest BCUT2D eigenvalue weighted by Gasteiger charge is 1.97. The van der Waals surface area contributed by atoms with Gasteiger partial charge in [-0.25, -0.2) is 4.79 Å². The molecule has 0 spiro atoms. The number of unbranched alkanes of at least 4 members (excludes halogenated alkanes) is 10. The maximum Gasteiger partial charge on any atom is 0.505 e. The summed E-state index contributed by atoms with van der Waals surface area (Å²) in [5.74, 6) is 0.857. The zero-order chi connectivity index (χ0) is 15.1. The van der Waals surface area contributed by atoms with Crippen LogP contribution in [0.25, 0.3) is 0 Å². The molecular weight excluding hydrogens is 252 g/mol.